The molecule has 0 aliphatic heterocycles. The standard InChI is InChI=1S/C23H18N4S/c1-2-16-5-7-17(8-6-16)22-15-28-23(27-22)19(13-24)14-26-20-9-10-21-18(12-20)4-3-11-25-21/h3-12,14-15,26H,2H2,1H3. The van der Waals surface area contributed by atoms with Gasteiger partial charge >= 0.3 is 0 Å². The summed E-state index contributed by atoms with van der Waals surface area (Å²) in [5.41, 5.74) is 5.60. The van der Waals surface area contributed by atoms with Crippen LogP contribution in [0.4, 0.5) is 5.69 Å². The number of allylic oxidation sites excluding steroid dienone is 1. The fraction of sp³-hybridized carbons (Fsp3) is 0.0870. The lowest BCUT2D eigenvalue weighted by Gasteiger charge is -2.03. The van der Waals surface area contributed by atoms with Crippen LogP contribution < -0.4 is 5.32 Å². The highest BCUT2D eigenvalue weighted by Gasteiger charge is 2.09. The Morgan fingerprint density at radius 3 is 2.82 bits per heavy atom. The summed E-state index contributed by atoms with van der Waals surface area (Å²) >= 11 is 1.47. The van der Waals surface area contributed by atoms with Crippen LogP contribution in [0.5, 0.6) is 0 Å². The summed E-state index contributed by atoms with van der Waals surface area (Å²) in [5, 5.41) is 16.5. The molecule has 2 aromatic carbocycles. The molecule has 28 heavy (non-hydrogen) atoms. The van der Waals surface area contributed by atoms with Crippen molar-refractivity contribution < 1.29 is 0 Å². The first kappa shape index (κ1) is 17.9. The number of aromatic nitrogens is 2. The van der Waals surface area contributed by atoms with Crippen LogP contribution >= 0.6 is 11.3 Å². The molecule has 0 saturated heterocycles. The van der Waals surface area contributed by atoms with Gasteiger partial charge in [-0.1, -0.05) is 37.3 Å². The average Bonchev–Trinajstić information content (AvgIpc) is 3.24. The molecule has 0 radical (unpaired) electrons. The lowest BCUT2D eigenvalue weighted by atomic mass is 10.1. The first-order valence-corrected chi connectivity index (χ1v) is 9.91. The summed E-state index contributed by atoms with van der Waals surface area (Å²) in [6, 6.07) is 20.5. The van der Waals surface area contributed by atoms with Crippen molar-refractivity contribution in [1.29, 1.82) is 5.26 Å². The summed E-state index contributed by atoms with van der Waals surface area (Å²) in [5.74, 6) is 0. The van der Waals surface area contributed by atoms with Gasteiger partial charge in [0.15, 0.2) is 0 Å². The lowest BCUT2D eigenvalue weighted by Crippen LogP contribution is -1.91. The quantitative estimate of drug-likeness (QED) is 0.437. The van der Waals surface area contributed by atoms with Crippen LogP contribution in [0.25, 0.3) is 27.7 Å². The minimum atomic E-state index is 0.507. The molecular formula is C23H18N4S. The number of fused-ring (bicyclic) bond motifs is 1. The van der Waals surface area contributed by atoms with E-state index < -0.39 is 0 Å². The van der Waals surface area contributed by atoms with Crippen LogP contribution in [0, 0.1) is 11.3 Å². The maximum Gasteiger partial charge on any atom is 0.136 e. The fourth-order valence-electron chi connectivity index (χ4n) is 2.90. The number of hydrogen-bond donors (Lipinski definition) is 1. The molecule has 0 bridgehead atoms. The number of hydrogen-bond acceptors (Lipinski definition) is 5. The number of nitrogens with one attached hydrogen (secondary N) is 1. The Bertz CT molecular complexity index is 1180. The van der Waals surface area contributed by atoms with E-state index in [4.69, 9.17) is 0 Å². The van der Waals surface area contributed by atoms with Crippen molar-refractivity contribution in [3.8, 4) is 17.3 Å². The second-order valence-corrected chi connectivity index (χ2v) is 7.17. The molecule has 4 rings (SSSR count). The molecule has 5 heteroatoms. The molecule has 1 N–H and O–H groups in total. The van der Waals surface area contributed by atoms with Gasteiger partial charge < -0.3 is 5.32 Å². The van der Waals surface area contributed by atoms with Crippen molar-refractivity contribution in [2.75, 3.05) is 5.32 Å². The highest BCUT2D eigenvalue weighted by Crippen LogP contribution is 2.26. The van der Waals surface area contributed by atoms with Crippen LogP contribution in [-0.2, 0) is 6.42 Å². The zero-order valence-corrected chi connectivity index (χ0v) is 16.2. The first-order valence-electron chi connectivity index (χ1n) is 9.03. The first-order chi connectivity index (χ1) is 13.8. The number of rotatable bonds is 5. The molecule has 0 fully saturated rings. The normalized spacial score (nSPS) is 11.4. The maximum atomic E-state index is 9.58. The molecule has 0 spiro atoms. The van der Waals surface area contributed by atoms with Gasteiger partial charge in [-0.15, -0.1) is 11.3 Å². The van der Waals surface area contributed by atoms with Crippen molar-refractivity contribution in [3.63, 3.8) is 0 Å². The van der Waals surface area contributed by atoms with E-state index in [2.05, 4.69) is 52.5 Å². The van der Waals surface area contributed by atoms with Crippen LogP contribution in [0.2, 0.25) is 0 Å². The van der Waals surface area contributed by atoms with Gasteiger partial charge in [0.1, 0.15) is 16.6 Å². The van der Waals surface area contributed by atoms with Gasteiger partial charge in [-0.25, -0.2) is 4.98 Å². The average molecular weight is 382 g/mol. The van der Waals surface area contributed by atoms with Crippen molar-refractivity contribution in [1.82, 2.24) is 9.97 Å². The van der Waals surface area contributed by atoms with Crippen LogP contribution in [-0.4, -0.2) is 9.97 Å². The molecular weight excluding hydrogens is 364 g/mol. The van der Waals surface area contributed by atoms with Crippen LogP contribution in [0.3, 0.4) is 0 Å². The van der Waals surface area contributed by atoms with Crippen molar-refractivity contribution in [2.24, 2.45) is 0 Å². The van der Waals surface area contributed by atoms with Crippen LogP contribution in [0.1, 0.15) is 17.5 Å². The lowest BCUT2D eigenvalue weighted by molar-refractivity contribution is 1.14. The third-order valence-electron chi connectivity index (χ3n) is 4.50. The molecule has 136 valence electrons. The maximum absolute atomic E-state index is 9.58. The SMILES string of the molecule is CCc1ccc(-c2csc(C(C#N)=CNc3ccc4ncccc4c3)n2)cc1. The van der Waals surface area contributed by atoms with E-state index in [1.807, 2.05) is 35.7 Å². The molecule has 0 unspecified atom stereocenters. The number of pyridine rings is 1. The monoisotopic (exact) mass is 382 g/mol. The van der Waals surface area contributed by atoms with E-state index in [0.29, 0.717) is 10.6 Å². The van der Waals surface area contributed by atoms with E-state index in [9.17, 15) is 5.26 Å². The Balaban J connectivity index is 1.56. The summed E-state index contributed by atoms with van der Waals surface area (Å²) in [6.07, 6.45) is 4.50. The summed E-state index contributed by atoms with van der Waals surface area (Å²) in [4.78, 5) is 8.97. The van der Waals surface area contributed by atoms with Crippen molar-refractivity contribution in [2.45, 2.75) is 13.3 Å². The molecule has 0 atom stereocenters. The number of nitrogens with zero attached hydrogens (tertiary/aromatic N) is 3. The summed E-state index contributed by atoms with van der Waals surface area (Å²) < 4.78 is 0. The van der Waals surface area contributed by atoms with Crippen molar-refractivity contribution >= 4 is 33.5 Å². The van der Waals surface area contributed by atoms with Gasteiger partial charge in [0.2, 0.25) is 0 Å². The Morgan fingerprint density at radius 1 is 1.18 bits per heavy atom. The topological polar surface area (TPSA) is 61.6 Å². The van der Waals surface area contributed by atoms with Gasteiger partial charge in [0, 0.05) is 34.4 Å². The second kappa shape index (κ2) is 8.03. The van der Waals surface area contributed by atoms with Gasteiger partial charge in [0.05, 0.1) is 11.2 Å². The molecule has 0 saturated carbocycles. The largest absolute Gasteiger partial charge is 0.360 e. The number of nitriles is 1. The number of benzene rings is 2. The Hall–Kier alpha value is -3.49. The Kier molecular flexibility index (Phi) is 5.14. The zero-order valence-electron chi connectivity index (χ0n) is 15.4. The van der Waals surface area contributed by atoms with Gasteiger partial charge in [0.25, 0.3) is 0 Å². The van der Waals surface area contributed by atoms with Crippen LogP contribution in [0.15, 0.2) is 72.4 Å². The smallest absolute Gasteiger partial charge is 0.136 e. The number of aryl methyl sites for hydroxylation is 1. The highest BCUT2D eigenvalue weighted by molar-refractivity contribution is 7.11. The minimum absolute atomic E-state index is 0.507. The molecule has 2 aromatic heterocycles. The molecule has 4 nitrogen and oxygen atoms in total. The van der Waals surface area contributed by atoms with Gasteiger partial charge in [-0.3, -0.25) is 4.98 Å². The fourth-order valence-corrected chi connectivity index (χ4v) is 3.70. The predicted octanol–water partition coefficient (Wildman–Crippen LogP) is 5.90. The number of anilines is 1. The summed E-state index contributed by atoms with van der Waals surface area (Å²) in [6.45, 7) is 2.14. The Labute approximate surface area is 167 Å². The van der Waals surface area contributed by atoms with Gasteiger partial charge in [-0.05, 0) is 36.2 Å². The van der Waals surface area contributed by atoms with E-state index in [1.54, 1.807) is 12.4 Å². The molecule has 0 aliphatic carbocycles. The van der Waals surface area contributed by atoms with E-state index in [1.165, 1.54) is 16.9 Å². The molecule has 0 amide bonds. The van der Waals surface area contributed by atoms with E-state index >= 15 is 0 Å². The molecule has 2 heterocycles. The predicted molar refractivity (Wildman–Crippen MR) is 116 cm³/mol. The van der Waals surface area contributed by atoms with E-state index in [-0.39, 0.29) is 0 Å². The third-order valence-corrected chi connectivity index (χ3v) is 5.37. The molecule has 4 aromatic rings. The third kappa shape index (κ3) is 3.78. The number of thiazole rings is 1. The van der Waals surface area contributed by atoms with E-state index in [0.717, 1.165) is 34.3 Å². The molecule has 0 aliphatic rings. The zero-order chi connectivity index (χ0) is 19.3. The Morgan fingerprint density at radius 2 is 2.04 bits per heavy atom. The minimum Gasteiger partial charge on any atom is -0.360 e. The summed E-state index contributed by atoms with van der Waals surface area (Å²) in [7, 11) is 0. The highest BCUT2D eigenvalue weighted by atomic mass is 32.1. The van der Waals surface area contributed by atoms with Gasteiger partial charge in [-0.2, -0.15) is 5.26 Å². The second-order valence-electron chi connectivity index (χ2n) is 6.31. The van der Waals surface area contributed by atoms with Crippen molar-refractivity contribution in [3.05, 3.63) is 82.9 Å².